The van der Waals surface area contributed by atoms with Gasteiger partial charge in [-0.25, -0.2) is 8.78 Å². The van der Waals surface area contributed by atoms with Crippen molar-refractivity contribution in [3.8, 4) is 0 Å². The molecule has 1 N–H and O–H groups in total. The van der Waals surface area contributed by atoms with E-state index in [1.54, 1.807) is 6.07 Å². The minimum absolute atomic E-state index is 0.00707. The van der Waals surface area contributed by atoms with Gasteiger partial charge in [0.05, 0.1) is 0 Å². The van der Waals surface area contributed by atoms with Gasteiger partial charge in [0.15, 0.2) is 11.6 Å². The minimum Gasteiger partial charge on any atom is -0.356 e. The molecule has 0 radical (unpaired) electrons. The van der Waals surface area contributed by atoms with Crippen LogP contribution in [0.15, 0.2) is 18.2 Å². The standard InChI is InChI=1S/C20H24F2N4O/c21-16-8-7-13(11-17(16)22)14-12-15(14)20(27)23-9-4-6-19-25-24-18-5-2-1-3-10-26(18)19/h7-8,11,14-15H,1-6,9-10,12H2,(H,23,27)/t14-,15-/m0/s1. The number of hydrogen-bond donors (Lipinski definition) is 1. The average molecular weight is 374 g/mol. The molecule has 144 valence electrons. The Kier molecular flexibility index (Phi) is 5.18. The molecule has 2 heterocycles. The zero-order chi connectivity index (χ0) is 18.8. The molecule has 2 aliphatic rings. The predicted molar refractivity (Wildman–Crippen MR) is 96.1 cm³/mol. The van der Waals surface area contributed by atoms with Crippen molar-refractivity contribution in [3.63, 3.8) is 0 Å². The molecule has 2 atom stereocenters. The lowest BCUT2D eigenvalue weighted by Gasteiger charge is -2.08. The molecule has 0 spiro atoms. The number of fused-ring (bicyclic) bond motifs is 1. The first-order valence-corrected chi connectivity index (χ1v) is 9.77. The van der Waals surface area contributed by atoms with E-state index < -0.39 is 11.6 Å². The second kappa shape index (κ2) is 7.74. The van der Waals surface area contributed by atoms with Crippen LogP contribution in [0.4, 0.5) is 8.78 Å². The van der Waals surface area contributed by atoms with E-state index in [0.717, 1.165) is 43.5 Å². The highest BCUT2D eigenvalue weighted by Gasteiger charge is 2.43. The molecule has 1 amide bonds. The third-order valence-corrected chi connectivity index (χ3v) is 5.56. The number of halogens is 2. The molecule has 0 saturated heterocycles. The molecule has 5 nitrogen and oxygen atoms in total. The van der Waals surface area contributed by atoms with Crippen LogP contribution in [0.1, 0.15) is 55.2 Å². The zero-order valence-corrected chi connectivity index (χ0v) is 15.3. The summed E-state index contributed by atoms with van der Waals surface area (Å²) in [6, 6.07) is 3.89. The SMILES string of the molecule is O=C(NCCCc1nnc2n1CCCCC2)[C@H]1C[C@H]1c1ccc(F)c(F)c1. The smallest absolute Gasteiger partial charge is 0.223 e. The molecule has 1 fully saturated rings. The number of aromatic nitrogens is 3. The molecule has 7 heteroatoms. The Balaban J connectivity index is 1.23. The van der Waals surface area contributed by atoms with Crippen LogP contribution < -0.4 is 5.32 Å². The summed E-state index contributed by atoms with van der Waals surface area (Å²) >= 11 is 0. The molecular formula is C20H24F2N4O. The Morgan fingerprint density at radius 3 is 2.93 bits per heavy atom. The second-order valence-corrected chi connectivity index (χ2v) is 7.51. The van der Waals surface area contributed by atoms with Gasteiger partial charge in [-0.3, -0.25) is 4.79 Å². The Morgan fingerprint density at radius 2 is 2.07 bits per heavy atom. The van der Waals surface area contributed by atoms with E-state index in [9.17, 15) is 13.6 Å². The Morgan fingerprint density at radius 1 is 1.19 bits per heavy atom. The normalized spacial score (nSPS) is 21.4. The van der Waals surface area contributed by atoms with Crippen molar-refractivity contribution in [2.24, 2.45) is 5.92 Å². The Hall–Kier alpha value is -2.31. The third-order valence-electron chi connectivity index (χ3n) is 5.56. The summed E-state index contributed by atoms with van der Waals surface area (Å²) in [6.45, 7) is 1.57. The molecule has 1 aliphatic heterocycles. The lowest BCUT2D eigenvalue weighted by atomic mass is 10.1. The lowest BCUT2D eigenvalue weighted by Crippen LogP contribution is -2.27. The van der Waals surface area contributed by atoms with Crippen LogP contribution in [0.3, 0.4) is 0 Å². The fourth-order valence-electron chi connectivity index (χ4n) is 3.92. The van der Waals surface area contributed by atoms with Gasteiger partial charge in [-0.05, 0) is 49.3 Å². The van der Waals surface area contributed by atoms with Crippen molar-refractivity contribution in [1.29, 1.82) is 0 Å². The van der Waals surface area contributed by atoms with Crippen molar-refractivity contribution >= 4 is 5.91 Å². The number of benzene rings is 1. The fraction of sp³-hybridized carbons (Fsp3) is 0.550. The topological polar surface area (TPSA) is 59.8 Å². The number of rotatable bonds is 6. The highest BCUT2D eigenvalue weighted by molar-refractivity contribution is 5.82. The molecular weight excluding hydrogens is 350 g/mol. The van der Waals surface area contributed by atoms with Crippen LogP contribution in [-0.4, -0.2) is 27.2 Å². The van der Waals surface area contributed by atoms with Gasteiger partial charge >= 0.3 is 0 Å². The van der Waals surface area contributed by atoms with Gasteiger partial charge in [-0.2, -0.15) is 0 Å². The van der Waals surface area contributed by atoms with Crippen molar-refractivity contribution in [2.75, 3.05) is 6.54 Å². The first-order valence-electron chi connectivity index (χ1n) is 9.77. The number of carbonyl (C=O) groups excluding carboxylic acids is 1. The number of hydrogen-bond acceptors (Lipinski definition) is 3. The van der Waals surface area contributed by atoms with E-state index in [0.29, 0.717) is 18.5 Å². The van der Waals surface area contributed by atoms with Crippen LogP contribution in [0.2, 0.25) is 0 Å². The molecule has 1 saturated carbocycles. The largest absolute Gasteiger partial charge is 0.356 e. The van der Waals surface area contributed by atoms with Crippen LogP contribution in [0, 0.1) is 17.6 Å². The first-order chi connectivity index (χ1) is 13.1. The minimum atomic E-state index is -0.856. The second-order valence-electron chi connectivity index (χ2n) is 7.51. The molecule has 1 aliphatic carbocycles. The van der Waals surface area contributed by atoms with Gasteiger partial charge in [0, 0.05) is 31.8 Å². The summed E-state index contributed by atoms with van der Waals surface area (Å²) in [5.41, 5.74) is 0.695. The predicted octanol–water partition coefficient (Wildman–Crippen LogP) is 3.14. The van der Waals surface area contributed by atoms with Gasteiger partial charge in [0.1, 0.15) is 11.6 Å². The molecule has 2 aromatic rings. The number of nitrogens with zero attached hydrogens (tertiary/aromatic N) is 3. The highest BCUT2D eigenvalue weighted by atomic mass is 19.2. The lowest BCUT2D eigenvalue weighted by molar-refractivity contribution is -0.122. The van der Waals surface area contributed by atoms with Crippen LogP contribution in [-0.2, 0) is 24.2 Å². The van der Waals surface area contributed by atoms with E-state index in [4.69, 9.17) is 0 Å². The Labute approximate surface area is 157 Å². The fourth-order valence-corrected chi connectivity index (χ4v) is 3.92. The molecule has 0 unspecified atom stereocenters. The Bertz CT molecular complexity index is 835. The molecule has 1 aromatic heterocycles. The molecule has 27 heavy (non-hydrogen) atoms. The summed E-state index contributed by atoms with van der Waals surface area (Å²) in [5, 5.41) is 11.6. The zero-order valence-electron chi connectivity index (χ0n) is 15.3. The summed E-state index contributed by atoms with van der Waals surface area (Å²) in [6.07, 6.45) is 6.87. The van der Waals surface area contributed by atoms with E-state index in [1.807, 2.05) is 0 Å². The number of carbonyl (C=O) groups is 1. The average Bonchev–Trinajstić information content (AvgIpc) is 3.42. The van der Waals surface area contributed by atoms with Crippen molar-refractivity contribution in [1.82, 2.24) is 20.1 Å². The summed E-state index contributed by atoms with van der Waals surface area (Å²) in [4.78, 5) is 12.3. The van der Waals surface area contributed by atoms with E-state index >= 15 is 0 Å². The molecule has 0 bridgehead atoms. The van der Waals surface area contributed by atoms with Crippen molar-refractivity contribution in [2.45, 2.75) is 57.4 Å². The third kappa shape index (κ3) is 4.01. The molecule has 1 aromatic carbocycles. The van der Waals surface area contributed by atoms with Gasteiger partial charge < -0.3 is 9.88 Å². The quantitative estimate of drug-likeness (QED) is 0.791. The van der Waals surface area contributed by atoms with Crippen LogP contribution in [0.25, 0.3) is 0 Å². The van der Waals surface area contributed by atoms with E-state index in [-0.39, 0.29) is 17.7 Å². The van der Waals surface area contributed by atoms with Gasteiger partial charge in [-0.1, -0.05) is 12.5 Å². The van der Waals surface area contributed by atoms with E-state index in [2.05, 4.69) is 20.1 Å². The number of amides is 1. The molecule has 4 rings (SSSR count). The monoisotopic (exact) mass is 374 g/mol. The van der Waals surface area contributed by atoms with Crippen LogP contribution >= 0.6 is 0 Å². The maximum absolute atomic E-state index is 13.3. The number of aryl methyl sites for hydroxylation is 2. The van der Waals surface area contributed by atoms with E-state index in [1.165, 1.54) is 25.3 Å². The van der Waals surface area contributed by atoms with Crippen molar-refractivity contribution in [3.05, 3.63) is 47.0 Å². The maximum atomic E-state index is 13.3. The van der Waals surface area contributed by atoms with Crippen molar-refractivity contribution < 1.29 is 13.6 Å². The summed E-state index contributed by atoms with van der Waals surface area (Å²) < 4.78 is 28.6. The highest BCUT2D eigenvalue weighted by Crippen LogP contribution is 2.47. The maximum Gasteiger partial charge on any atom is 0.223 e. The first kappa shape index (κ1) is 18.1. The summed E-state index contributed by atoms with van der Waals surface area (Å²) in [7, 11) is 0. The van der Waals surface area contributed by atoms with Crippen LogP contribution in [0.5, 0.6) is 0 Å². The number of nitrogens with one attached hydrogen (secondary N) is 1. The van der Waals surface area contributed by atoms with Gasteiger partial charge in [0.2, 0.25) is 5.91 Å². The van der Waals surface area contributed by atoms with Gasteiger partial charge in [-0.15, -0.1) is 10.2 Å². The summed E-state index contributed by atoms with van der Waals surface area (Å²) in [5.74, 6) is 0.222. The van der Waals surface area contributed by atoms with Gasteiger partial charge in [0.25, 0.3) is 0 Å².